The van der Waals surface area contributed by atoms with E-state index >= 15 is 0 Å². The maximum Gasteiger partial charge on any atom is 0.330 e. The van der Waals surface area contributed by atoms with Crippen molar-refractivity contribution in [3.05, 3.63) is 110 Å². The highest BCUT2D eigenvalue weighted by molar-refractivity contribution is 6.55. The van der Waals surface area contributed by atoms with E-state index in [0.29, 0.717) is 16.2 Å². The van der Waals surface area contributed by atoms with Gasteiger partial charge in [0.05, 0.1) is 31.2 Å². The lowest BCUT2D eigenvalue weighted by Gasteiger charge is -2.24. The Balaban J connectivity index is 1.40. The van der Waals surface area contributed by atoms with Crippen LogP contribution >= 0.6 is 46.4 Å². The number of esters is 1. The molecule has 0 saturated heterocycles. The second-order valence-corrected chi connectivity index (χ2v) is 10.4. The number of ether oxygens (including phenoxy) is 1. The van der Waals surface area contributed by atoms with Gasteiger partial charge in [-0.25, -0.2) is 4.79 Å². The summed E-state index contributed by atoms with van der Waals surface area (Å²) in [5.74, 6) is -3.35. The molecule has 1 aliphatic heterocycles. The fourth-order valence-corrected chi connectivity index (χ4v) is 5.53. The lowest BCUT2D eigenvalue weighted by Crippen LogP contribution is -2.47. The van der Waals surface area contributed by atoms with Gasteiger partial charge in [0.1, 0.15) is 6.04 Å². The summed E-state index contributed by atoms with van der Waals surface area (Å²) in [6.07, 6.45) is -0.0905. The zero-order chi connectivity index (χ0) is 28.6. The molecule has 4 aromatic carbocycles. The van der Waals surface area contributed by atoms with Gasteiger partial charge >= 0.3 is 5.97 Å². The van der Waals surface area contributed by atoms with Gasteiger partial charge in [-0.2, -0.15) is 0 Å². The van der Waals surface area contributed by atoms with E-state index in [9.17, 15) is 19.2 Å². The van der Waals surface area contributed by atoms with Gasteiger partial charge < -0.3 is 10.1 Å². The van der Waals surface area contributed by atoms with Crippen LogP contribution in [0.3, 0.4) is 0 Å². The summed E-state index contributed by atoms with van der Waals surface area (Å²) in [7, 11) is 0. The summed E-state index contributed by atoms with van der Waals surface area (Å²) in [4.78, 5) is 53.7. The van der Waals surface area contributed by atoms with Crippen molar-refractivity contribution in [2.75, 3.05) is 11.9 Å². The number of nitrogens with one attached hydrogen (secondary N) is 1. The number of halogens is 4. The second-order valence-electron chi connectivity index (χ2n) is 8.87. The van der Waals surface area contributed by atoms with Gasteiger partial charge in [-0.05, 0) is 17.0 Å². The van der Waals surface area contributed by atoms with Crippen molar-refractivity contribution in [1.29, 1.82) is 0 Å². The highest BCUT2D eigenvalue weighted by Gasteiger charge is 2.47. The first-order valence-corrected chi connectivity index (χ1v) is 13.4. The van der Waals surface area contributed by atoms with Gasteiger partial charge in [-0.3, -0.25) is 19.3 Å². The number of hydrogen-bond acceptors (Lipinski definition) is 5. The minimum atomic E-state index is -1.44. The Morgan fingerprint density at radius 1 is 0.750 bits per heavy atom. The first-order chi connectivity index (χ1) is 19.2. The molecule has 0 unspecified atom stereocenters. The van der Waals surface area contributed by atoms with Crippen molar-refractivity contribution in [3.8, 4) is 0 Å². The van der Waals surface area contributed by atoms with Crippen LogP contribution < -0.4 is 5.32 Å². The maximum atomic E-state index is 13.5. The van der Waals surface area contributed by atoms with Crippen LogP contribution in [0.4, 0.5) is 5.69 Å². The van der Waals surface area contributed by atoms with Gasteiger partial charge in [0, 0.05) is 17.5 Å². The summed E-state index contributed by atoms with van der Waals surface area (Å²) in [6, 6.07) is 20.2. The number of anilines is 1. The van der Waals surface area contributed by atoms with Crippen molar-refractivity contribution in [2.24, 2.45) is 0 Å². The number of nitrogens with zero attached hydrogens (tertiary/aromatic N) is 1. The topological polar surface area (TPSA) is 92.8 Å². The van der Waals surface area contributed by atoms with Crippen LogP contribution in [0, 0.1) is 0 Å². The molecule has 0 fully saturated rings. The first kappa shape index (κ1) is 27.9. The summed E-state index contributed by atoms with van der Waals surface area (Å²) in [5.41, 5.74) is 0.657. The third-order valence-corrected chi connectivity index (χ3v) is 8.20. The minimum absolute atomic E-state index is 0.0905. The SMILES string of the molecule is O=C(COC(=O)[C@@H](Cc1ccccc1)N1C(=O)c2c(Cl)c(Cl)c(Cl)c(Cl)c2C1=O)Nc1cccc2ccccc12. The molecule has 0 aromatic heterocycles. The van der Waals surface area contributed by atoms with E-state index in [1.807, 2.05) is 30.3 Å². The molecule has 0 aliphatic carbocycles. The number of imide groups is 1. The minimum Gasteiger partial charge on any atom is -0.454 e. The van der Waals surface area contributed by atoms with E-state index in [-0.39, 0.29) is 37.6 Å². The van der Waals surface area contributed by atoms with Gasteiger partial charge in [0.25, 0.3) is 17.7 Å². The Morgan fingerprint density at radius 3 is 1.98 bits per heavy atom. The van der Waals surface area contributed by atoms with Crippen LogP contribution in [-0.4, -0.2) is 41.2 Å². The number of fused-ring (bicyclic) bond motifs is 2. The molecule has 0 spiro atoms. The Morgan fingerprint density at radius 2 is 1.32 bits per heavy atom. The highest BCUT2D eigenvalue weighted by Crippen LogP contribution is 2.45. The molecule has 11 heteroatoms. The molecule has 0 saturated carbocycles. The number of carbonyl (C=O) groups excluding carboxylic acids is 4. The lowest BCUT2D eigenvalue weighted by atomic mass is 10.0. The predicted molar refractivity (Wildman–Crippen MR) is 154 cm³/mol. The normalized spacial score (nSPS) is 13.3. The fourth-order valence-electron chi connectivity index (χ4n) is 4.52. The van der Waals surface area contributed by atoms with Crippen LogP contribution in [0.2, 0.25) is 20.1 Å². The van der Waals surface area contributed by atoms with Crippen molar-refractivity contribution < 1.29 is 23.9 Å². The zero-order valence-corrected chi connectivity index (χ0v) is 23.4. The van der Waals surface area contributed by atoms with E-state index < -0.39 is 36.3 Å². The molecule has 7 nitrogen and oxygen atoms in total. The molecule has 0 radical (unpaired) electrons. The van der Waals surface area contributed by atoms with Crippen molar-refractivity contribution >= 4 is 86.6 Å². The van der Waals surface area contributed by atoms with Crippen LogP contribution in [0.15, 0.2) is 72.8 Å². The highest BCUT2D eigenvalue weighted by atomic mass is 35.5. The van der Waals surface area contributed by atoms with Crippen LogP contribution in [0.5, 0.6) is 0 Å². The zero-order valence-electron chi connectivity index (χ0n) is 20.4. The molecule has 1 N–H and O–H groups in total. The molecule has 202 valence electrons. The lowest BCUT2D eigenvalue weighted by molar-refractivity contribution is -0.151. The Bertz CT molecular complexity index is 1640. The van der Waals surface area contributed by atoms with E-state index in [4.69, 9.17) is 51.1 Å². The van der Waals surface area contributed by atoms with Crippen LogP contribution in [0.1, 0.15) is 26.3 Å². The van der Waals surface area contributed by atoms with Crippen molar-refractivity contribution in [1.82, 2.24) is 4.90 Å². The molecular weight excluding hydrogens is 598 g/mol. The number of benzene rings is 4. The Hall–Kier alpha value is -3.62. The molecule has 3 amide bonds. The van der Waals surface area contributed by atoms with Crippen LogP contribution in [-0.2, 0) is 20.7 Å². The van der Waals surface area contributed by atoms with Gasteiger partial charge in [-0.1, -0.05) is 113 Å². The number of rotatable bonds is 7. The summed E-state index contributed by atoms with van der Waals surface area (Å²) in [6.45, 7) is -0.657. The molecule has 4 aromatic rings. The summed E-state index contributed by atoms with van der Waals surface area (Å²) >= 11 is 24.8. The average molecular weight is 616 g/mol. The Labute approximate surface area is 248 Å². The predicted octanol–water partition coefficient (Wildman–Crippen LogP) is 6.84. The average Bonchev–Trinajstić information content (AvgIpc) is 3.22. The van der Waals surface area contributed by atoms with E-state index in [1.54, 1.807) is 42.5 Å². The number of hydrogen-bond donors (Lipinski definition) is 1. The maximum absolute atomic E-state index is 13.5. The number of amides is 3. The van der Waals surface area contributed by atoms with Gasteiger partial charge in [0.15, 0.2) is 6.61 Å². The van der Waals surface area contributed by atoms with E-state index in [0.717, 1.165) is 10.8 Å². The fraction of sp³-hybridized carbons (Fsp3) is 0.103. The first-order valence-electron chi connectivity index (χ1n) is 11.9. The summed E-state index contributed by atoms with van der Waals surface area (Å²) in [5, 5.41) is 3.56. The molecular formula is C29H18Cl4N2O5. The largest absolute Gasteiger partial charge is 0.454 e. The molecule has 40 heavy (non-hydrogen) atoms. The monoisotopic (exact) mass is 614 g/mol. The van der Waals surface area contributed by atoms with Crippen molar-refractivity contribution in [2.45, 2.75) is 12.5 Å². The third kappa shape index (κ3) is 5.13. The van der Waals surface area contributed by atoms with Crippen molar-refractivity contribution in [3.63, 3.8) is 0 Å². The molecule has 0 bridgehead atoms. The van der Waals surface area contributed by atoms with Gasteiger partial charge in [0.2, 0.25) is 0 Å². The van der Waals surface area contributed by atoms with E-state index in [2.05, 4.69) is 5.32 Å². The standard InChI is InChI=1S/C29H18Cl4N2O5/c30-23-21-22(24(31)26(33)25(23)32)28(38)35(27(21)37)19(13-15-7-2-1-3-8-15)29(39)40-14-20(36)34-18-12-6-10-16-9-4-5-11-17(16)18/h1-12,19H,13-14H2,(H,34,36)/t19-/m1/s1. The quantitative estimate of drug-likeness (QED) is 0.106. The third-order valence-electron chi connectivity index (χ3n) is 6.40. The summed E-state index contributed by atoms with van der Waals surface area (Å²) < 4.78 is 5.32. The van der Waals surface area contributed by atoms with E-state index in [1.165, 1.54) is 0 Å². The van der Waals surface area contributed by atoms with Gasteiger partial charge in [-0.15, -0.1) is 0 Å². The molecule has 1 aliphatic rings. The molecule has 5 rings (SSSR count). The Kier molecular flexibility index (Phi) is 8.01. The second kappa shape index (κ2) is 11.5. The molecule has 1 heterocycles. The smallest absolute Gasteiger partial charge is 0.330 e. The number of carbonyl (C=O) groups is 4. The molecule has 1 atom stereocenters. The van der Waals surface area contributed by atoms with Crippen LogP contribution in [0.25, 0.3) is 10.8 Å².